The molecule has 0 saturated carbocycles. The van der Waals surface area contributed by atoms with E-state index in [4.69, 9.17) is 4.52 Å². The SMILES string of the molecule is O=C(Nc1ccc(Cc2nc(Cc3ccccc3)no2)cc1Br)C(F)(F)F. The number of nitrogens with zero attached hydrogens (tertiary/aromatic N) is 2. The fourth-order valence-corrected chi connectivity index (χ4v) is 2.88. The van der Waals surface area contributed by atoms with Crippen molar-refractivity contribution in [3.63, 3.8) is 0 Å². The zero-order valence-corrected chi connectivity index (χ0v) is 15.3. The van der Waals surface area contributed by atoms with Crippen LogP contribution in [0.3, 0.4) is 0 Å². The number of halogens is 4. The summed E-state index contributed by atoms with van der Waals surface area (Å²) < 4.78 is 42.6. The van der Waals surface area contributed by atoms with Crippen LogP contribution in [0.2, 0.25) is 0 Å². The van der Waals surface area contributed by atoms with Crippen molar-refractivity contribution in [3.8, 4) is 0 Å². The van der Waals surface area contributed by atoms with Gasteiger partial charge in [0.15, 0.2) is 5.82 Å². The van der Waals surface area contributed by atoms with Crippen LogP contribution in [0.4, 0.5) is 18.9 Å². The molecule has 0 saturated heterocycles. The molecule has 3 rings (SSSR count). The Morgan fingerprint density at radius 3 is 2.48 bits per heavy atom. The minimum atomic E-state index is -4.95. The van der Waals surface area contributed by atoms with E-state index >= 15 is 0 Å². The Labute approximate surface area is 160 Å². The number of rotatable bonds is 5. The predicted octanol–water partition coefficient (Wildman–Crippen LogP) is 4.51. The van der Waals surface area contributed by atoms with Gasteiger partial charge in [0.05, 0.1) is 12.1 Å². The van der Waals surface area contributed by atoms with Gasteiger partial charge in [0.25, 0.3) is 0 Å². The van der Waals surface area contributed by atoms with Gasteiger partial charge in [-0.15, -0.1) is 0 Å². The molecule has 1 N–H and O–H groups in total. The molecule has 0 unspecified atom stereocenters. The second kappa shape index (κ2) is 7.91. The van der Waals surface area contributed by atoms with E-state index in [2.05, 4.69) is 26.1 Å². The van der Waals surface area contributed by atoms with Crippen molar-refractivity contribution in [2.45, 2.75) is 19.0 Å². The van der Waals surface area contributed by atoms with E-state index in [9.17, 15) is 18.0 Å². The fraction of sp³-hybridized carbons (Fsp3) is 0.167. The van der Waals surface area contributed by atoms with Crippen LogP contribution in [0.15, 0.2) is 57.5 Å². The van der Waals surface area contributed by atoms with E-state index in [0.29, 0.717) is 29.0 Å². The molecule has 0 fully saturated rings. The fourth-order valence-electron chi connectivity index (χ4n) is 2.35. The number of alkyl halides is 3. The van der Waals surface area contributed by atoms with E-state index < -0.39 is 12.1 Å². The van der Waals surface area contributed by atoms with Gasteiger partial charge in [0, 0.05) is 10.9 Å². The molecule has 0 aliphatic rings. The molecule has 0 aliphatic carbocycles. The molecule has 1 aromatic heterocycles. The largest absolute Gasteiger partial charge is 0.471 e. The number of hydrogen-bond donors (Lipinski definition) is 1. The zero-order valence-electron chi connectivity index (χ0n) is 13.8. The van der Waals surface area contributed by atoms with E-state index in [0.717, 1.165) is 11.1 Å². The molecule has 2 aromatic carbocycles. The molecule has 0 radical (unpaired) electrons. The zero-order chi connectivity index (χ0) is 19.4. The van der Waals surface area contributed by atoms with Crippen molar-refractivity contribution in [1.29, 1.82) is 0 Å². The summed E-state index contributed by atoms with van der Waals surface area (Å²) in [5, 5.41) is 5.74. The second-order valence-electron chi connectivity index (χ2n) is 5.71. The highest BCUT2D eigenvalue weighted by molar-refractivity contribution is 9.10. The molecule has 140 valence electrons. The summed E-state index contributed by atoms with van der Waals surface area (Å²) in [6.07, 6.45) is -4.10. The van der Waals surface area contributed by atoms with Gasteiger partial charge in [0.2, 0.25) is 5.89 Å². The van der Waals surface area contributed by atoms with Gasteiger partial charge < -0.3 is 9.84 Å². The summed E-state index contributed by atoms with van der Waals surface area (Å²) in [6.45, 7) is 0. The number of hydrogen-bond acceptors (Lipinski definition) is 4. The number of aromatic nitrogens is 2. The lowest BCUT2D eigenvalue weighted by atomic mass is 10.1. The second-order valence-corrected chi connectivity index (χ2v) is 6.56. The van der Waals surface area contributed by atoms with Crippen LogP contribution >= 0.6 is 15.9 Å². The normalized spacial score (nSPS) is 11.4. The molecule has 0 bridgehead atoms. The van der Waals surface area contributed by atoms with Crippen LogP contribution in [0.1, 0.15) is 22.8 Å². The summed E-state index contributed by atoms with van der Waals surface area (Å²) in [7, 11) is 0. The maximum Gasteiger partial charge on any atom is 0.471 e. The van der Waals surface area contributed by atoms with Crippen LogP contribution in [-0.4, -0.2) is 22.2 Å². The van der Waals surface area contributed by atoms with Gasteiger partial charge in [0.1, 0.15) is 0 Å². The minimum absolute atomic E-state index is 0.0244. The standard InChI is InChI=1S/C18H13BrF3N3O2/c19-13-8-12(6-7-14(13)23-17(26)18(20,21)22)10-16-24-15(25-27-16)9-11-4-2-1-3-5-11/h1-8H,9-10H2,(H,23,26). The summed E-state index contributed by atoms with van der Waals surface area (Å²) in [6, 6.07) is 14.2. The average Bonchev–Trinajstić information content (AvgIpc) is 3.04. The first-order chi connectivity index (χ1) is 12.8. The highest BCUT2D eigenvalue weighted by Gasteiger charge is 2.38. The predicted molar refractivity (Wildman–Crippen MR) is 95.2 cm³/mol. The van der Waals surface area contributed by atoms with Crippen LogP contribution in [0.25, 0.3) is 0 Å². The molecular formula is C18H13BrF3N3O2. The third-order valence-corrected chi connectivity index (χ3v) is 4.27. The Morgan fingerprint density at radius 1 is 1.07 bits per heavy atom. The molecule has 1 amide bonds. The van der Waals surface area contributed by atoms with E-state index in [1.165, 1.54) is 6.07 Å². The molecule has 0 spiro atoms. The average molecular weight is 440 g/mol. The van der Waals surface area contributed by atoms with Gasteiger partial charge >= 0.3 is 12.1 Å². The third kappa shape index (κ3) is 5.16. The summed E-state index contributed by atoms with van der Waals surface area (Å²) >= 11 is 3.16. The molecule has 27 heavy (non-hydrogen) atoms. The molecule has 0 aliphatic heterocycles. The Balaban J connectivity index is 1.66. The monoisotopic (exact) mass is 439 g/mol. The molecule has 5 nitrogen and oxygen atoms in total. The van der Waals surface area contributed by atoms with Crippen LogP contribution in [-0.2, 0) is 17.6 Å². The highest BCUT2D eigenvalue weighted by Crippen LogP contribution is 2.27. The lowest BCUT2D eigenvalue weighted by Gasteiger charge is -2.10. The third-order valence-electron chi connectivity index (χ3n) is 3.61. The van der Waals surface area contributed by atoms with Gasteiger partial charge in [-0.3, -0.25) is 4.79 Å². The molecule has 9 heteroatoms. The summed E-state index contributed by atoms with van der Waals surface area (Å²) in [5.41, 5.74) is 1.82. The van der Waals surface area contributed by atoms with Crippen molar-refractivity contribution in [3.05, 3.63) is 75.8 Å². The van der Waals surface area contributed by atoms with Crippen molar-refractivity contribution in [1.82, 2.24) is 10.1 Å². The number of benzene rings is 2. The topological polar surface area (TPSA) is 68.0 Å². The Kier molecular flexibility index (Phi) is 5.59. The molecular weight excluding hydrogens is 427 g/mol. The summed E-state index contributed by atoms with van der Waals surface area (Å²) in [4.78, 5) is 15.3. The van der Waals surface area contributed by atoms with Crippen molar-refractivity contribution in [2.75, 3.05) is 5.32 Å². The molecule has 0 atom stereocenters. The molecule has 1 heterocycles. The van der Waals surface area contributed by atoms with Gasteiger partial charge in [-0.25, -0.2) is 0 Å². The van der Waals surface area contributed by atoms with Crippen LogP contribution in [0.5, 0.6) is 0 Å². The highest BCUT2D eigenvalue weighted by atomic mass is 79.9. The number of amides is 1. The number of anilines is 1. The maximum absolute atomic E-state index is 12.3. The number of nitrogens with one attached hydrogen (secondary N) is 1. The first kappa shape index (κ1) is 19.1. The lowest BCUT2D eigenvalue weighted by molar-refractivity contribution is -0.167. The van der Waals surface area contributed by atoms with Crippen molar-refractivity contribution in [2.24, 2.45) is 0 Å². The minimum Gasteiger partial charge on any atom is -0.339 e. The van der Waals surface area contributed by atoms with Gasteiger partial charge in [-0.2, -0.15) is 18.2 Å². The van der Waals surface area contributed by atoms with Crippen molar-refractivity contribution >= 4 is 27.5 Å². The van der Waals surface area contributed by atoms with Gasteiger partial charge in [-0.05, 0) is 39.2 Å². The van der Waals surface area contributed by atoms with Gasteiger partial charge in [-0.1, -0.05) is 41.6 Å². The maximum atomic E-state index is 12.3. The van der Waals surface area contributed by atoms with Crippen LogP contribution in [0, 0.1) is 0 Å². The Hall–Kier alpha value is -2.68. The first-order valence-electron chi connectivity index (χ1n) is 7.83. The number of carbonyl (C=O) groups is 1. The van der Waals surface area contributed by atoms with E-state index in [1.54, 1.807) is 12.1 Å². The first-order valence-corrected chi connectivity index (χ1v) is 8.62. The quantitative estimate of drug-likeness (QED) is 0.634. The number of carbonyl (C=O) groups excluding carboxylic acids is 1. The lowest BCUT2D eigenvalue weighted by Crippen LogP contribution is -2.30. The Bertz CT molecular complexity index is 943. The smallest absolute Gasteiger partial charge is 0.339 e. The molecule has 3 aromatic rings. The van der Waals surface area contributed by atoms with Crippen LogP contribution < -0.4 is 5.32 Å². The van der Waals surface area contributed by atoms with Crippen molar-refractivity contribution < 1.29 is 22.5 Å². The van der Waals surface area contributed by atoms with E-state index in [-0.39, 0.29) is 5.69 Å². The Morgan fingerprint density at radius 2 is 1.81 bits per heavy atom. The summed E-state index contributed by atoms with van der Waals surface area (Å²) in [5.74, 6) is -1.09. The van der Waals surface area contributed by atoms with E-state index in [1.807, 2.05) is 35.6 Å².